The third-order valence-electron chi connectivity index (χ3n) is 5.23. The van der Waals surface area contributed by atoms with Crippen molar-refractivity contribution in [3.05, 3.63) is 12.1 Å². The van der Waals surface area contributed by atoms with E-state index in [-0.39, 0.29) is 29.7 Å². The van der Waals surface area contributed by atoms with Gasteiger partial charge in [0.05, 0.1) is 0 Å². The predicted octanol–water partition coefficient (Wildman–Crippen LogP) is 3.07. The van der Waals surface area contributed by atoms with Gasteiger partial charge < -0.3 is 15.2 Å². The van der Waals surface area contributed by atoms with E-state index >= 15 is 0 Å². The first-order chi connectivity index (χ1) is 12.9. The van der Waals surface area contributed by atoms with Crippen molar-refractivity contribution in [2.24, 2.45) is 5.92 Å². The lowest BCUT2D eigenvalue weighted by Crippen LogP contribution is -2.55. The highest BCUT2D eigenvalue weighted by Gasteiger charge is 2.43. The molecular formula is C20H29N3O4. The Labute approximate surface area is 160 Å². The van der Waals surface area contributed by atoms with E-state index in [1.54, 1.807) is 12.1 Å². The van der Waals surface area contributed by atoms with Crippen molar-refractivity contribution in [2.75, 3.05) is 10.6 Å². The first kappa shape index (κ1) is 19.5. The maximum absolute atomic E-state index is 13.2. The minimum absolute atomic E-state index is 0.0439. The smallest absolute Gasteiger partial charge is 0.329 e. The number of amides is 1. The first-order valence-electron chi connectivity index (χ1n) is 9.89. The molecule has 0 bridgehead atoms. The Hall–Kier alpha value is -2.31. The summed E-state index contributed by atoms with van der Waals surface area (Å²) in [7, 11) is 0. The Bertz CT molecular complexity index is 700. The molecule has 2 N–H and O–H groups in total. The number of hydrogen-bond donors (Lipinski definition) is 1. The van der Waals surface area contributed by atoms with Crippen molar-refractivity contribution >= 4 is 23.5 Å². The van der Waals surface area contributed by atoms with Crippen molar-refractivity contribution in [3.8, 4) is 5.75 Å². The molecule has 1 aromatic rings. The second-order valence-electron chi connectivity index (χ2n) is 7.67. The molecule has 1 aromatic heterocycles. The zero-order valence-corrected chi connectivity index (χ0v) is 16.3. The van der Waals surface area contributed by atoms with E-state index in [1.165, 1.54) is 11.3 Å². The van der Waals surface area contributed by atoms with Crippen LogP contribution < -0.4 is 15.4 Å². The fourth-order valence-corrected chi connectivity index (χ4v) is 3.75. The topological polar surface area (TPSA) is 94.8 Å². The van der Waals surface area contributed by atoms with Gasteiger partial charge in [0.1, 0.15) is 18.0 Å². The lowest BCUT2D eigenvalue weighted by atomic mass is 9.97. The molecule has 0 saturated heterocycles. The number of fused-ring (bicyclic) bond motifs is 1. The van der Waals surface area contributed by atoms with Gasteiger partial charge in [-0.1, -0.05) is 27.2 Å². The summed E-state index contributed by atoms with van der Waals surface area (Å²) >= 11 is 0. The van der Waals surface area contributed by atoms with Crippen LogP contribution in [0.5, 0.6) is 5.75 Å². The lowest BCUT2D eigenvalue weighted by molar-refractivity contribution is -0.154. The molecule has 148 valence electrons. The highest BCUT2D eigenvalue weighted by atomic mass is 16.5. The van der Waals surface area contributed by atoms with Crippen molar-refractivity contribution in [2.45, 2.75) is 77.5 Å². The number of aromatic nitrogens is 1. The van der Waals surface area contributed by atoms with E-state index in [0.29, 0.717) is 18.0 Å². The molecule has 1 aliphatic carbocycles. The molecule has 1 amide bonds. The normalized spacial score (nSPS) is 21.6. The Morgan fingerprint density at radius 1 is 1.33 bits per heavy atom. The molecule has 1 saturated carbocycles. The summed E-state index contributed by atoms with van der Waals surface area (Å²) in [5.74, 6) is 0.336. The van der Waals surface area contributed by atoms with Crippen LogP contribution in [0.1, 0.15) is 59.3 Å². The quantitative estimate of drug-likeness (QED) is 0.795. The van der Waals surface area contributed by atoms with Gasteiger partial charge in [-0.2, -0.15) is 0 Å². The van der Waals surface area contributed by atoms with E-state index in [9.17, 15) is 9.59 Å². The van der Waals surface area contributed by atoms with Gasteiger partial charge in [0.25, 0.3) is 5.91 Å². The zero-order valence-electron chi connectivity index (χ0n) is 16.3. The maximum Gasteiger partial charge on any atom is 0.329 e. The summed E-state index contributed by atoms with van der Waals surface area (Å²) in [6.07, 6.45) is 4.79. The first-order valence-corrected chi connectivity index (χ1v) is 9.89. The molecule has 2 heterocycles. The number of nitrogens with zero attached hydrogens (tertiary/aromatic N) is 2. The third-order valence-corrected chi connectivity index (χ3v) is 5.23. The minimum Gasteiger partial charge on any atom is -0.476 e. The van der Waals surface area contributed by atoms with Gasteiger partial charge in [-0.3, -0.25) is 9.69 Å². The van der Waals surface area contributed by atoms with Crippen LogP contribution in [0, 0.1) is 5.92 Å². The van der Waals surface area contributed by atoms with E-state index < -0.39 is 12.1 Å². The van der Waals surface area contributed by atoms with Crippen LogP contribution in [0.15, 0.2) is 12.1 Å². The molecule has 2 unspecified atom stereocenters. The summed E-state index contributed by atoms with van der Waals surface area (Å²) in [6, 6.07) is 2.59. The number of carbonyl (C=O) groups excluding carboxylic acids is 2. The van der Waals surface area contributed by atoms with Crippen molar-refractivity contribution < 1.29 is 19.1 Å². The van der Waals surface area contributed by atoms with E-state index in [4.69, 9.17) is 15.2 Å². The fourth-order valence-electron chi connectivity index (χ4n) is 3.75. The molecule has 3 rings (SSSR count). The zero-order chi connectivity index (χ0) is 19.6. The van der Waals surface area contributed by atoms with Gasteiger partial charge in [-0.25, -0.2) is 9.78 Å². The lowest BCUT2D eigenvalue weighted by Gasteiger charge is -2.38. The number of esters is 1. The highest BCUT2D eigenvalue weighted by Crippen LogP contribution is 2.37. The monoisotopic (exact) mass is 375 g/mol. The van der Waals surface area contributed by atoms with Crippen LogP contribution in [0.3, 0.4) is 0 Å². The van der Waals surface area contributed by atoms with Crippen LogP contribution in [0.2, 0.25) is 0 Å². The fraction of sp³-hybridized carbons (Fsp3) is 0.650. The summed E-state index contributed by atoms with van der Waals surface area (Å²) < 4.78 is 11.6. The number of pyridine rings is 1. The summed E-state index contributed by atoms with van der Waals surface area (Å²) in [4.78, 5) is 31.8. The van der Waals surface area contributed by atoms with Crippen molar-refractivity contribution in [3.63, 3.8) is 0 Å². The van der Waals surface area contributed by atoms with Gasteiger partial charge in [-0.15, -0.1) is 0 Å². The summed E-state index contributed by atoms with van der Waals surface area (Å²) in [5.41, 5.74) is 5.83. The second-order valence-corrected chi connectivity index (χ2v) is 7.67. The van der Waals surface area contributed by atoms with Gasteiger partial charge in [0.15, 0.2) is 17.7 Å². The number of ether oxygens (including phenoxy) is 2. The van der Waals surface area contributed by atoms with Crippen molar-refractivity contribution in [1.29, 1.82) is 0 Å². The Balaban J connectivity index is 1.91. The van der Waals surface area contributed by atoms with E-state index in [1.807, 2.05) is 20.8 Å². The maximum atomic E-state index is 13.2. The van der Waals surface area contributed by atoms with Crippen LogP contribution in [-0.4, -0.2) is 35.1 Å². The molecule has 0 spiro atoms. The second kappa shape index (κ2) is 8.15. The molecule has 2 atom stereocenters. The van der Waals surface area contributed by atoms with Crippen LogP contribution >= 0.6 is 0 Å². The number of nitrogen functional groups attached to an aromatic ring is 1. The molecular weight excluding hydrogens is 346 g/mol. The summed E-state index contributed by atoms with van der Waals surface area (Å²) in [5, 5.41) is 0. The average molecular weight is 375 g/mol. The Morgan fingerprint density at radius 2 is 2.04 bits per heavy atom. The predicted molar refractivity (Wildman–Crippen MR) is 102 cm³/mol. The SMILES string of the molecule is CCC(C(=O)OC1CCCCC1)N1C(=O)C(C(C)C)Oc2ccc(N)nc21. The molecule has 7 nitrogen and oxygen atoms in total. The average Bonchev–Trinajstić information content (AvgIpc) is 2.64. The standard InChI is InChI=1S/C20H29N3O4/c1-4-14(20(25)26-13-8-6-5-7-9-13)23-18-15(10-11-16(21)22-18)27-17(12(2)3)19(23)24/h10-14,17H,4-9H2,1-3H3,(H2,21,22). The highest BCUT2D eigenvalue weighted by molar-refractivity contribution is 6.04. The minimum atomic E-state index is -0.738. The number of nitrogens with two attached hydrogens (primary N) is 1. The summed E-state index contributed by atoms with van der Waals surface area (Å²) in [6.45, 7) is 5.70. The molecule has 0 radical (unpaired) electrons. The Morgan fingerprint density at radius 3 is 2.67 bits per heavy atom. The number of carbonyl (C=O) groups is 2. The van der Waals surface area contributed by atoms with Gasteiger partial charge in [0, 0.05) is 0 Å². The molecule has 27 heavy (non-hydrogen) atoms. The number of rotatable bonds is 5. The number of hydrogen-bond acceptors (Lipinski definition) is 6. The molecule has 1 fully saturated rings. The van der Waals surface area contributed by atoms with Gasteiger partial charge in [0.2, 0.25) is 0 Å². The van der Waals surface area contributed by atoms with Crippen LogP contribution in [0.25, 0.3) is 0 Å². The molecule has 2 aliphatic rings. The van der Waals surface area contributed by atoms with Crippen molar-refractivity contribution in [1.82, 2.24) is 4.98 Å². The van der Waals surface area contributed by atoms with Crippen LogP contribution in [-0.2, 0) is 14.3 Å². The van der Waals surface area contributed by atoms with Gasteiger partial charge in [-0.05, 0) is 50.2 Å². The molecule has 7 heteroatoms. The Kier molecular flexibility index (Phi) is 5.87. The van der Waals surface area contributed by atoms with Crippen LogP contribution in [0.4, 0.5) is 11.6 Å². The largest absolute Gasteiger partial charge is 0.476 e. The number of anilines is 2. The van der Waals surface area contributed by atoms with E-state index in [2.05, 4.69) is 4.98 Å². The molecule has 1 aliphatic heterocycles. The van der Waals surface area contributed by atoms with E-state index in [0.717, 1.165) is 25.7 Å². The third kappa shape index (κ3) is 4.01. The van der Waals surface area contributed by atoms with Gasteiger partial charge >= 0.3 is 5.97 Å². The molecule has 0 aromatic carbocycles.